The number of nitrogens with one attached hydrogen (secondary N) is 2. The van der Waals surface area contributed by atoms with E-state index in [0.29, 0.717) is 12.2 Å². The second kappa shape index (κ2) is 10.2. The lowest BCUT2D eigenvalue weighted by Crippen LogP contribution is -2.46. The summed E-state index contributed by atoms with van der Waals surface area (Å²) in [5.74, 6) is 0.113. The Bertz CT molecular complexity index is 539. The zero-order valence-electron chi connectivity index (χ0n) is 12.6. The van der Waals surface area contributed by atoms with E-state index < -0.39 is 4.92 Å². The molecule has 2 rings (SSSR count). The maximum Gasteiger partial charge on any atom is 0.273 e. The van der Waals surface area contributed by atoms with Gasteiger partial charge in [-0.15, -0.1) is 24.8 Å². The lowest BCUT2D eigenvalue weighted by Gasteiger charge is -2.26. The number of anilines is 1. The molecule has 2 N–H and O–H groups in total. The molecule has 0 atom stereocenters. The summed E-state index contributed by atoms with van der Waals surface area (Å²) in [6, 6.07) is 4.11. The summed E-state index contributed by atoms with van der Waals surface area (Å²) < 4.78 is 5.08. The van der Waals surface area contributed by atoms with Crippen LogP contribution in [0.2, 0.25) is 0 Å². The molecule has 1 heterocycles. The summed E-state index contributed by atoms with van der Waals surface area (Å²) >= 11 is 0. The predicted molar refractivity (Wildman–Crippen MR) is 92.1 cm³/mol. The van der Waals surface area contributed by atoms with Crippen LogP contribution in [0.25, 0.3) is 0 Å². The van der Waals surface area contributed by atoms with Crippen LogP contribution in [-0.2, 0) is 4.79 Å². The fourth-order valence-corrected chi connectivity index (χ4v) is 2.16. The number of nitro groups is 1. The van der Waals surface area contributed by atoms with E-state index in [-0.39, 0.29) is 42.2 Å². The number of carbonyl (C=O) groups excluding carboxylic acids is 1. The van der Waals surface area contributed by atoms with E-state index in [0.717, 1.165) is 26.2 Å². The molecule has 23 heavy (non-hydrogen) atoms. The van der Waals surface area contributed by atoms with Crippen LogP contribution in [0.4, 0.5) is 11.4 Å². The lowest BCUT2D eigenvalue weighted by molar-refractivity contribution is -0.384. The van der Waals surface area contributed by atoms with Crippen molar-refractivity contribution in [1.82, 2.24) is 10.2 Å². The van der Waals surface area contributed by atoms with Crippen molar-refractivity contribution in [3.05, 3.63) is 28.3 Å². The molecule has 10 heteroatoms. The average Bonchev–Trinajstić information content (AvgIpc) is 2.48. The molecule has 1 saturated heterocycles. The van der Waals surface area contributed by atoms with Gasteiger partial charge in [0.05, 0.1) is 30.3 Å². The zero-order valence-corrected chi connectivity index (χ0v) is 14.2. The highest BCUT2D eigenvalue weighted by Crippen LogP contribution is 2.28. The number of benzene rings is 1. The van der Waals surface area contributed by atoms with Crippen molar-refractivity contribution in [2.24, 2.45) is 0 Å². The molecule has 0 spiro atoms. The van der Waals surface area contributed by atoms with Gasteiger partial charge in [-0.2, -0.15) is 0 Å². The van der Waals surface area contributed by atoms with Gasteiger partial charge in [0, 0.05) is 32.2 Å². The third kappa shape index (κ3) is 6.19. The molecule has 130 valence electrons. The fraction of sp³-hybridized carbons (Fsp3) is 0.462. The molecule has 0 unspecified atom stereocenters. The summed E-state index contributed by atoms with van der Waals surface area (Å²) in [6.45, 7) is 3.68. The van der Waals surface area contributed by atoms with Gasteiger partial charge in [0.25, 0.3) is 5.69 Å². The van der Waals surface area contributed by atoms with Gasteiger partial charge in [0.15, 0.2) is 0 Å². The molecule has 1 aromatic carbocycles. The molecule has 1 amide bonds. The Balaban J connectivity index is 0.00000242. The minimum Gasteiger partial charge on any atom is -0.494 e. The van der Waals surface area contributed by atoms with E-state index in [1.54, 1.807) is 0 Å². The smallest absolute Gasteiger partial charge is 0.273 e. The summed E-state index contributed by atoms with van der Waals surface area (Å²) in [7, 11) is 1.41. The van der Waals surface area contributed by atoms with Crippen molar-refractivity contribution in [2.45, 2.75) is 0 Å². The maximum absolute atomic E-state index is 12.0. The topological polar surface area (TPSA) is 96.7 Å². The number of ether oxygens (including phenoxy) is 1. The normalized spacial score (nSPS) is 14.1. The highest BCUT2D eigenvalue weighted by atomic mass is 35.5. The van der Waals surface area contributed by atoms with Gasteiger partial charge in [-0.3, -0.25) is 19.8 Å². The van der Waals surface area contributed by atoms with Gasteiger partial charge >= 0.3 is 0 Å². The number of amides is 1. The van der Waals surface area contributed by atoms with E-state index >= 15 is 0 Å². The minimum absolute atomic E-state index is 0. The molecule has 1 aliphatic heterocycles. The lowest BCUT2D eigenvalue weighted by atomic mass is 10.2. The number of rotatable bonds is 5. The van der Waals surface area contributed by atoms with Crippen LogP contribution in [0.1, 0.15) is 0 Å². The highest BCUT2D eigenvalue weighted by molar-refractivity contribution is 5.93. The van der Waals surface area contributed by atoms with Gasteiger partial charge in [-0.25, -0.2) is 0 Å². The van der Waals surface area contributed by atoms with E-state index in [2.05, 4.69) is 10.6 Å². The van der Waals surface area contributed by atoms with Crippen LogP contribution in [0.15, 0.2) is 18.2 Å². The monoisotopic (exact) mass is 366 g/mol. The maximum atomic E-state index is 12.0. The van der Waals surface area contributed by atoms with Crippen LogP contribution in [0.5, 0.6) is 5.75 Å². The number of nitrogens with zero attached hydrogens (tertiary/aromatic N) is 2. The first-order valence-electron chi connectivity index (χ1n) is 6.65. The first-order chi connectivity index (χ1) is 10.1. The zero-order chi connectivity index (χ0) is 15.2. The summed E-state index contributed by atoms with van der Waals surface area (Å²) in [6.07, 6.45) is 0. The second-order valence-corrected chi connectivity index (χ2v) is 4.72. The number of hydrogen-bond acceptors (Lipinski definition) is 6. The van der Waals surface area contributed by atoms with E-state index in [9.17, 15) is 14.9 Å². The molecule has 0 aliphatic carbocycles. The number of hydrogen-bond donors (Lipinski definition) is 2. The molecule has 1 aliphatic rings. The number of carbonyl (C=O) groups is 1. The molecular weight excluding hydrogens is 347 g/mol. The van der Waals surface area contributed by atoms with Gasteiger partial charge in [-0.05, 0) is 6.07 Å². The summed E-state index contributed by atoms with van der Waals surface area (Å²) in [4.78, 5) is 24.3. The SMILES string of the molecule is COc1cc([N+](=O)[O-])ccc1NC(=O)CN1CCNCC1.Cl.Cl. The Kier molecular flexibility index (Phi) is 9.50. The number of piperazine rings is 1. The van der Waals surface area contributed by atoms with E-state index in [1.165, 1.54) is 25.3 Å². The number of non-ortho nitro benzene ring substituents is 1. The molecular formula is C13H20Cl2N4O4. The van der Waals surface area contributed by atoms with Crippen molar-refractivity contribution in [3.63, 3.8) is 0 Å². The number of halogens is 2. The third-order valence-corrected chi connectivity index (χ3v) is 3.25. The van der Waals surface area contributed by atoms with Crippen LogP contribution < -0.4 is 15.4 Å². The Morgan fingerprint density at radius 2 is 2.04 bits per heavy atom. The Morgan fingerprint density at radius 1 is 1.39 bits per heavy atom. The summed E-state index contributed by atoms with van der Waals surface area (Å²) in [5.41, 5.74) is 0.357. The van der Waals surface area contributed by atoms with Gasteiger partial charge in [0.1, 0.15) is 5.75 Å². The molecule has 0 radical (unpaired) electrons. The molecule has 1 aromatic rings. The van der Waals surface area contributed by atoms with E-state index in [4.69, 9.17) is 4.74 Å². The first-order valence-corrected chi connectivity index (χ1v) is 6.65. The Morgan fingerprint density at radius 3 is 2.61 bits per heavy atom. The van der Waals surface area contributed by atoms with E-state index in [1.807, 2.05) is 4.90 Å². The van der Waals surface area contributed by atoms with Crippen LogP contribution in [-0.4, -0.2) is 55.6 Å². The van der Waals surface area contributed by atoms with Crippen molar-refractivity contribution in [1.29, 1.82) is 0 Å². The molecule has 0 saturated carbocycles. The van der Waals surface area contributed by atoms with Crippen molar-refractivity contribution < 1.29 is 14.5 Å². The minimum atomic E-state index is -0.505. The van der Waals surface area contributed by atoms with Gasteiger partial charge < -0.3 is 15.4 Å². The molecule has 0 bridgehead atoms. The number of methoxy groups -OCH3 is 1. The fourth-order valence-electron chi connectivity index (χ4n) is 2.16. The highest BCUT2D eigenvalue weighted by Gasteiger charge is 2.16. The predicted octanol–water partition coefficient (Wildman–Crippen LogP) is 1.29. The third-order valence-electron chi connectivity index (χ3n) is 3.25. The van der Waals surface area contributed by atoms with Crippen LogP contribution in [0.3, 0.4) is 0 Å². The molecule has 8 nitrogen and oxygen atoms in total. The Labute approximate surface area is 146 Å². The van der Waals surface area contributed by atoms with Crippen LogP contribution >= 0.6 is 24.8 Å². The molecule has 0 aromatic heterocycles. The quantitative estimate of drug-likeness (QED) is 0.601. The molecule has 1 fully saturated rings. The van der Waals surface area contributed by atoms with Crippen molar-refractivity contribution in [2.75, 3.05) is 45.2 Å². The second-order valence-electron chi connectivity index (χ2n) is 4.72. The average molecular weight is 367 g/mol. The Hall–Kier alpha value is -1.61. The standard InChI is InChI=1S/C13H18N4O4.2ClH/c1-21-12-8-10(17(19)20)2-3-11(12)15-13(18)9-16-6-4-14-5-7-16;;/h2-3,8,14H,4-7,9H2,1H3,(H,15,18);2*1H. The van der Waals surface area contributed by atoms with Crippen molar-refractivity contribution in [3.8, 4) is 5.75 Å². The first kappa shape index (κ1) is 21.4. The number of nitro benzene ring substituents is 1. The van der Waals surface area contributed by atoms with Gasteiger partial charge in [0.2, 0.25) is 5.91 Å². The summed E-state index contributed by atoms with van der Waals surface area (Å²) in [5, 5.41) is 16.7. The van der Waals surface area contributed by atoms with Crippen molar-refractivity contribution >= 4 is 42.1 Å². The largest absolute Gasteiger partial charge is 0.494 e. The van der Waals surface area contributed by atoms with Crippen LogP contribution in [0, 0.1) is 10.1 Å². The van der Waals surface area contributed by atoms with Gasteiger partial charge in [-0.1, -0.05) is 0 Å².